The molecule has 0 saturated carbocycles. The smallest absolute Gasteiger partial charge is 0.0434 e. The third-order valence-corrected chi connectivity index (χ3v) is 1.73. The summed E-state index contributed by atoms with van der Waals surface area (Å²) in [6.45, 7) is 2.00. The normalized spacial score (nSPS) is 11.6. The van der Waals surface area contributed by atoms with Crippen LogP contribution in [0.15, 0.2) is 30.1 Å². The van der Waals surface area contributed by atoms with Gasteiger partial charge in [0.2, 0.25) is 0 Å². The summed E-state index contributed by atoms with van der Waals surface area (Å²) < 4.78 is 0. The number of allylic oxidation sites excluding steroid dienone is 1. The quantitative estimate of drug-likeness (QED) is 0.618. The van der Waals surface area contributed by atoms with Crippen LogP contribution < -0.4 is 0 Å². The van der Waals surface area contributed by atoms with Crippen LogP contribution in [0.25, 0.3) is 6.08 Å². The van der Waals surface area contributed by atoms with Gasteiger partial charge in [-0.1, -0.05) is 17.7 Å². The molecule has 0 aromatic carbocycles. The molecular formula is C9H10ClN. The van der Waals surface area contributed by atoms with E-state index in [0.717, 1.165) is 11.1 Å². The Bertz CT molecular complexity index is 241. The zero-order valence-electron chi connectivity index (χ0n) is 6.42. The van der Waals surface area contributed by atoms with E-state index in [4.69, 9.17) is 11.6 Å². The minimum Gasteiger partial charge on any atom is -0.264 e. The standard InChI is InChI=1S/C9H10ClN/c1-8(6-10)5-9-3-2-4-11-7-9/h2-5,7H,6H2,1H3/b8-5-. The Labute approximate surface area is 71.7 Å². The molecule has 1 aromatic heterocycles. The zero-order chi connectivity index (χ0) is 8.10. The zero-order valence-corrected chi connectivity index (χ0v) is 7.17. The minimum absolute atomic E-state index is 0.578. The summed E-state index contributed by atoms with van der Waals surface area (Å²) in [5.41, 5.74) is 2.25. The molecule has 0 atom stereocenters. The monoisotopic (exact) mass is 167 g/mol. The molecule has 1 aromatic rings. The van der Waals surface area contributed by atoms with Crippen LogP contribution >= 0.6 is 11.6 Å². The van der Waals surface area contributed by atoms with Crippen molar-refractivity contribution >= 4 is 17.7 Å². The number of hydrogen-bond donors (Lipinski definition) is 0. The van der Waals surface area contributed by atoms with Gasteiger partial charge < -0.3 is 0 Å². The third kappa shape index (κ3) is 2.72. The first-order chi connectivity index (χ1) is 5.33. The van der Waals surface area contributed by atoms with Gasteiger partial charge in [0.15, 0.2) is 0 Å². The van der Waals surface area contributed by atoms with E-state index in [9.17, 15) is 0 Å². The number of hydrogen-bond acceptors (Lipinski definition) is 1. The van der Waals surface area contributed by atoms with E-state index >= 15 is 0 Å². The average Bonchev–Trinajstić information content (AvgIpc) is 2.06. The van der Waals surface area contributed by atoms with Crippen molar-refractivity contribution in [3.8, 4) is 0 Å². The summed E-state index contributed by atoms with van der Waals surface area (Å²) in [6, 6.07) is 3.91. The lowest BCUT2D eigenvalue weighted by Crippen LogP contribution is -1.78. The number of pyridine rings is 1. The van der Waals surface area contributed by atoms with E-state index in [1.54, 1.807) is 6.20 Å². The second-order valence-corrected chi connectivity index (χ2v) is 2.68. The Balaban J connectivity index is 2.79. The molecule has 0 bridgehead atoms. The molecule has 0 radical (unpaired) electrons. The van der Waals surface area contributed by atoms with Crippen LogP contribution in [-0.2, 0) is 0 Å². The first-order valence-electron chi connectivity index (χ1n) is 3.46. The molecule has 1 rings (SSSR count). The Hall–Kier alpha value is -0.820. The van der Waals surface area contributed by atoms with Gasteiger partial charge in [-0.25, -0.2) is 0 Å². The van der Waals surface area contributed by atoms with Crippen molar-refractivity contribution in [3.63, 3.8) is 0 Å². The van der Waals surface area contributed by atoms with Crippen molar-refractivity contribution in [3.05, 3.63) is 35.7 Å². The van der Waals surface area contributed by atoms with Gasteiger partial charge in [0.05, 0.1) is 0 Å². The summed E-state index contributed by atoms with van der Waals surface area (Å²) >= 11 is 5.61. The van der Waals surface area contributed by atoms with Crippen LogP contribution in [-0.4, -0.2) is 10.9 Å². The van der Waals surface area contributed by atoms with Crippen LogP contribution in [0.2, 0.25) is 0 Å². The number of nitrogens with zero attached hydrogens (tertiary/aromatic N) is 1. The predicted molar refractivity (Wildman–Crippen MR) is 48.6 cm³/mol. The molecule has 0 aliphatic carbocycles. The van der Waals surface area contributed by atoms with Crippen molar-refractivity contribution in [1.82, 2.24) is 4.98 Å². The summed E-state index contributed by atoms with van der Waals surface area (Å²) in [5, 5.41) is 0. The van der Waals surface area contributed by atoms with Crippen molar-refractivity contribution in [1.29, 1.82) is 0 Å². The van der Waals surface area contributed by atoms with E-state index < -0.39 is 0 Å². The molecule has 0 aliphatic heterocycles. The van der Waals surface area contributed by atoms with Crippen LogP contribution in [0.5, 0.6) is 0 Å². The highest BCUT2D eigenvalue weighted by molar-refractivity contribution is 6.19. The lowest BCUT2D eigenvalue weighted by molar-refractivity contribution is 1.31. The molecule has 11 heavy (non-hydrogen) atoms. The maximum atomic E-state index is 5.61. The van der Waals surface area contributed by atoms with E-state index in [-0.39, 0.29) is 0 Å². The fourth-order valence-electron chi connectivity index (χ4n) is 0.784. The first-order valence-corrected chi connectivity index (χ1v) is 3.99. The molecule has 58 valence electrons. The Kier molecular flexibility index (Phi) is 3.12. The highest BCUT2D eigenvalue weighted by Gasteiger charge is 1.87. The molecule has 0 fully saturated rings. The molecule has 1 heterocycles. The van der Waals surface area contributed by atoms with Crippen LogP contribution in [0.3, 0.4) is 0 Å². The highest BCUT2D eigenvalue weighted by atomic mass is 35.5. The summed E-state index contributed by atoms with van der Waals surface area (Å²) in [5.74, 6) is 0.578. The van der Waals surface area contributed by atoms with Crippen molar-refractivity contribution in [2.45, 2.75) is 6.92 Å². The summed E-state index contributed by atoms with van der Waals surface area (Å²) in [6.07, 6.45) is 5.60. The SMILES string of the molecule is C/C(=C/c1cccnc1)CCl. The summed E-state index contributed by atoms with van der Waals surface area (Å²) in [4.78, 5) is 3.98. The molecular weight excluding hydrogens is 158 g/mol. The minimum atomic E-state index is 0.578. The number of rotatable bonds is 2. The highest BCUT2D eigenvalue weighted by Crippen LogP contribution is 2.05. The van der Waals surface area contributed by atoms with E-state index in [1.807, 2.05) is 31.3 Å². The topological polar surface area (TPSA) is 12.9 Å². The largest absolute Gasteiger partial charge is 0.264 e. The molecule has 0 unspecified atom stereocenters. The average molecular weight is 168 g/mol. The maximum Gasteiger partial charge on any atom is 0.0434 e. The van der Waals surface area contributed by atoms with Crippen LogP contribution in [0.4, 0.5) is 0 Å². The second kappa shape index (κ2) is 4.14. The van der Waals surface area contributed by atoms with E-state index in [0.29, 0.717) is 5.88 Å². The van der Waals surface area contributed by atoms with Gasteiger partial charge in [0.1, 0.15) is 0 Å². The lowest BCUT2D eigenvalue weighted by Gasteiger charge is -1.93. The van der Waals surface area contributed by atoms with Gasteiger partial charge in [-0.05, 0) is 18.6 Å². The number of halogens is 1. The third-order valence-electron chi connectivity index (χ3n) is 1.31. The maximum absolute atomic E-state index is 5.61. The Morgan fingerprint density at radius 1 is 1.73 bits per heavy atom. The van der Waals surface area contributed by atoms with Crippen molar-refractivity contribution < 1.29 is 0 Å². The van der Waals surface area contributed by atoms with E-state index in [2.05, 4.69) is 4.98 Å². The fraction of sp³-hybridized carbons (Fsp3) is 0.222. The van der Waals surface area contributed by atoms with Gasteiger partial charge in [-0.15, -0.1) is 11.6 Å². The summed E-state index contributed by atoms with van der Waals surface area (Å²) in [7, 11) is 0. The molecule has 0 N–H and O–H groups in total. The van der Waals surface area contributed by atoms with Gasteiger partial charge in [-0.2, -0.15) is 0 Å². The fourth-order valence-corrected chi connectivity index (χ4v) is 0.862. The lowest BCUT2D eigenvalue weighted by atomic mass is 10.2. The Morgan fingerprint density at radius 2 is 2.55 bits per heavy atom. The van der Waals surface area contributed by atoms with E-state index in [1.165, 1.54) is 0 Å². The molecule has 0 amide bonds. The van der Waals surface area contributed by atoms with Crippen molar-refractivity contribution in [2.24, 2.45) is 0 Å². The van der Waals surface area contributed by atoms with Gasteiger partial charge in [-0.3, -0.25) is 4.98 Å². The molecule has 0 spiro atoms. The molecule has 2 heteroatoms. The first kappa shape index (κ1) is 8.28. The van der Waals surface area contributed by atoms with Crippen LogP contribution in [0, 0.1) is 0 Å². The van der Waals surface area contributed by atoms with Gasteiger partial charge in [0, 0.05) is 18.3 Å². The molecule has 0 aliphatic rings. The Morgan fingerprint density at radius 3 is 3.09 bits per heavy atom. The second-order valence-electron chi connectivity index (χ2n) is 2.41. The van der Waals surface area contributed by atoms with Crippen molar-refractivity contribution in [2.75, 3.05) is 5.88 Å². The van der Waals surface area contributed by atoms with Gasteiger partial charge in [0.25, 0.3) is 0 Å². The number of alkyl halides is 1. The van der Waals surface area contributed by atoms with Gasteiger partial charge >= 0.3 is 0 Å². The molecule has 0 saturated heterocycles. The number of aromatic nitrogens is 1. The predicted octanol–water partition coefficient (Wildman–Crippen LogP) is 2.72. The van der Waals surface area contributed by atoms with Crippen LogP contribution in [0.1, 0.15) is 12.5 Å². The molecule has 1 nitrogen and oxygen atoms in total.